The Kier molecular flexibility index (Phi) is 2.98. The number of nitrogen functional groups attached to an aromatic ring is 1. The van der Waals surface area contributed by atoms with Crippen molar-refractivity contribution in [1.29, 1.82) is 0 Å². The molecular weight excluding hydrogens is 287 g/mol. The molecule has 2 heterocycles. The van der Waals surface area contributed by atoms with Crippen LogP contribution in [0.5, 0.6) is 0 Å². The maximum atomic E-state index is 6.17. The van der Waals surface area contributed by atoms with Crippen molar-refractivity contribution in [2.75, 3.05) is 5.43 Å². The van der Waals surface area contributed by atoms with E-state index in [0.717, 1.165) is 0 Å². The lowest BCUT2D eigenvalue weighted by atomic mass is 10.3. The molecule has 8 heteroatoms. The van der Waals surface area contributed by atoms with Crippen LogP contribution in [-0.4, -0.2) is 19.7 Å². The third kappa shape index (κ3) is 1.99. The van der Waals surface area contributed by atoms with Crippen molar-refractivity contribution in [3.63, 3.8) is 0 Å². The van der Waals surface area contributed by atoms with Crippen LogP contribution in [0.3, 0.4) is 0 Å². The summed E-state index contributed by atoms with van der Waals surface area (Å²) in [4.78, 5) is 8.21. The molecular formula is C11H8Cl2N6. The number of hydrazine groups is 1. The fraction of sp³-hybridized carbons (Fsp3) is 0. The summed E-state index contributed by atoms with van der Waals surface area (Å²) in [6, 6.07) is 5.16. The number of anilines is 1. The Morgan fingerprint density at radius 2 is 2.05 bits per heavy atom. The highest BCUT2D eigenvalue weighted by molar-refractivity contribution is 6.35. The molecule has 0 spiro atoms. The predicted octanol–water partition coefficient (Wildman–Crippen LogP) is 2.41. The molecule has 0 aliphatic rings. The van der Waals surface area contributed by atoms with Crippen LogP contribution in [0.15, 0.2) is 30.7 Å². The molecule has 0 amide bonds. The van der Waals surface area contributed by atoms with Crippen LogP contribution in [0.2, 0.25) is 10.0 Å². The van der Waals surface area contributed by atoms with Gasteiger partial charge in [0.1, 0.15) is 6.33 Å². The molecule has 0 aliphatic heterocycles. The van der Waals surface area contributed by atoms with Crippen molar-refractivity contribution >= 4 is 40.1 Å². The molecule has 3 rings (SSSR count). The van der Waals surface area contributed by atoms with E-state index in [9.17, 15) is 0 Å². The van der Waals surface area contributed by atoms with E-state index in [2.05, 4.69) is 20.5 Å². The molecule has 3 N–H and O–H groups in total. The largest absolute Gasteiger partial charge is 0.308 e. The van der Waals surface area contributed by atoms with Crippen LogP contribution in [-0.2, 0) is 0 Å². The highest BCUT2D eigenvalue weighted by Crippen LogP contribution is 2.27. The zero-order valence-corrected chi connectivity index (χ0v) is 11.0. The molecule has 6 nitrogen and oxygen atoms in total. The van der Waals surface area contributed by atoms with Crippen molar-refractivity contribution in [3.05, 3.63) is 40.8 Å². The molecule has 2 aromatic heterocycles. The number of nitrogens with two attached hydrogens (primary N) is 1. The minimum atomic E-state index is 0.485. The number of nitrogens with one attached hydrogen (secondary N) is 1. The fourth-order valence-electron chi connectivity index (χ4n) is 1.79. The third-order valence-corrected chi connectivity index (χ3v) is 3.18. The molecule has 0 saturated heterocycles. The van der Waals surface area contributed by atoms with Crippen LogP contribution in [0.25, 0.3) is 16.7 Å². The van der Waals surface area contributed by atoms with Gasteiger partial charge in [-0.1, -0.05) is 23.2 Å². The first-order valence-electron chi connectivity index (χ1n) is 5.31. The normalized spacial score (nSPS) is 10.9. The van der Waals surface area contributed by atoms with Crippen LogP contribution >= 0.6 is 23.2 Å². The SMILES string of the molecule is NNc1ncnc2c1cnn2-c1ccc(Cl)cc1Cl. The Balaban J connectivity index is 2.26. The predicted molar refractivity (Wildman–Crippen MR) is 74.5 cm³/mol. The number of benzene rings is 1. The van der Waals surface area contributed by atoms with Gasteiger partial charge in [-0.05, 0) is 18.2 Å². The van der Waals surface area contributed by atoms with Gasteiger partial charge in [-0.25, -0.2) is 20.5 Å². The summed E-state index contributed by atoms with van der Waals surface area (Å²) in [7, 11) is 0. The molecule has 0 fully saturated rings. The van der Waals surface area contributed by atoms with E-state index in [1.54, 1.807) is 29.1 Å². The van der Waals surface area contributed by atoms with Gasteiger partial charge in [-0.3, -0.25) is 0 Å². The highest BCUT2D eigenvalue weighted by atomic mass is 35.5. The number of fused-ring (bicyclic) bond motifs is 1. The number of aromatic nitrogens is 4. The van der Waals surface area contributed by atoms with Gasteiger partial charge in [-0.2, -0.15) is 5.10 Å². The number of rotatable bonds is 2. The van der Waals surface area contributed by atoms with Gasteiger partial charge in [0.2, 0.25) is 0 Å². The second-order valence-electron chi connectivity index (χ2n) is 3.76. The first kappa shape index (κ1) is 12.2. The Labute approximate surface area is 118 Å². The van der Waals surface area contributed by atoms with Gasteiger partial charge in [0.25, 0.3) is 0 Å². The van der Waals surface area contributed by atoms with Crippen molar-refractivity contribution in [3.8, 4) is 5.69 Å². The van der Waals surface area contributed by atoms with Crippen LogP contribution in [0, 0.1) is 0 Å². The molecule has 19 heavy (non-hydrogen) atoms. The third-order valence-electron chi connectivity index (χ3n) is 2.64. The fourth-order valence-corrected chi connectivity index (χ4v) is 2.28. The lowest BCUT2D eigenvalue weighted by Gasteiger charge is -2.06. The maximum Gasteiger partial charge on any atom is 0.168 e. The van der Waals surface area contributed by atoms with E-state index in [1.165, 1.54) is 6.33 Å². The second-order valence-corrected chi connectivity index (χ2v) is 4.60. The molecule has 96 valence electrons. The molecule has 0 saturated carbocycles. The topological polar surface area (TPSA) is 81.7 Å². The average molecular weight is 295 g/mol. The van der Waals surface area contributed by atoms with E-state index < -0.39 is 0 Å². The van der Waals surface area contributed by atoms with Crippen LogP contribution in [0.1, 0.15) is 0 Å². The standard InChI is InChI=1S/C11H8Cl2N6/c12-6-1-2-9(8(13)3-6)19-11-7(4-17-19)10(18-14)15-5-16-11/h1-5H,14H2,(H,15,16,18). The average Bonchev–Trinajstić information content (AvgIpc) is 2.82. The Bertz CT molecular complexity index is 754. The Morgan fingerprint density at radius 3 is 2.79 bits per heavy atom. The van der Waals surface area contributed by atoms with E-state index in [0.29, 0.717) is 32.6 Å². The minimum Gasteiger partial charge on any atom is -0.308 e. The van der Waals surface area contributed by atoms with Crippen molar-refractivity contribution in [2.24, 2.45) is 5.84 Å². The number of hydrogen-bond acceptors (Lipinski definition) is 5. The first-order chi connectivity index (χ1) is 9.20. The summed E-state index contributed by atoms with van der Waals surface area (Å²) in [5.41, 5.74) is 3.79. The van der Waals surface area contributed by atoms with E-state index in [1.807, 2.05) is 0 Å². The van der Waals surface area contributed by atoms with Gasteiger partial charge < -0.3 is 5.43 Å². The van der Waals surface area contributed by atoms with Crippen molar-refractivity contribution in [2.45, 2.75) is 0 Å². The monoisotopic (exact) mass is 294 g/mol. The zero-order valence-electron chi connectivity index (χ0n) is 9.51. The zero-order chi connectivity index (χ0) is 13.4. The minimum absolute atomic E-state index is 0.485. The van der Waals surface area contributed by atoms with Crippen molar-refractivity contribution in [1.82, 2.24) is 19.7 Å². The maximum absolute atomic E-state index is 6.17. The lowest BCUT2D eigenvalue weighted by molar-refractivity contribution is 0.895. The van der Waals surface area contributed by atoms with Gasteiger partial charge in [0.05, 0.1) is 22.3 Å². The van der Waals surface area contributed by atoms with Gasteiger partial charge in [0.15, 0.2) is 11.5 Å². The number of hydrogen-bond donors (Lipinski definition) is 2. The molecule has 1 aromatic carbocycles. The summed E-state index contributed by atoms with van der Waals surface area (Å²) >= 11 is 12.0. The lowest BCUT2D eigenvalue weighted by Crippen LogP contribution is -2.09. The van der Waals surface area contributed by atoms with Gasteiger partial charge >= 0.3 is 0 Å². The molecule has 3 aromatic rings. The van der Waals surface area contributed by atoms with Gasteiger partial charge in [-0.15, -0.1) is 0 Å². The molecule has 0 atom stereocenters. The van der Waals surface area contributed by atoms with Crippen LogP contribution in [0.4, 0.5) is 5.82 Å². The number of nitrogens with zero attached hydrogens (tertiary/aromatic N) is 4. The molecule has 0 bridgehead atoms. The smallest absolute Gasteiger partial charge is 0.168 e. The van der Waals surface area contributed by atoms with Gasteiger partial charge in [0, 0.05) is 5.02 Å². The van der Waals surface area contributed by atoms with Crippen molar-refractivity contribution < 1.29 is 0 Å². The summed E-state index contributed by atoms with van der Waals surface area (Å²) < 4.78 is 1.61. The quantitative estimate of drug-likeness (QED) is 0.560. The van der Waals surface area contributed by atoms with E-state index in [4.69, 9.17) is 29.0 Å². The first-order valence-corrected chi connectivity index (χ1v) is 6.07. The summed E-state index contributed by atoms with van der Waals surface area (Å²) in [6.07, 6.45) is 3.02. The summed E-state index contributed by atoms with van der Waals surface area (Å²) in [5, 5.41) is 6.00. The van der Waals surface area contributed by atoms with E-state index >= 15 is 0 Å². The second kappa shape index (κ2) is 4.65. The van der Waals surface area contributed by atoms with E-state index in [-0.39, 0.29) is 0 Å². The molecule has 0 aliphatic carbocycles. The summed E-state index contributed by atoms with van der Waals surface area (Å²) in [5.74, 6) is 5.89. The molecule has 0 radical (unpaired) electrons. The molecule has 0 unspecified atom stereocenters. The Hall–Kier alpha value is -1.89. The van der Waals surface area contributed by atoms with Crippen LogP contribution < -0.4 is 11.3 Å². The number of halogens is 2. The highest BCUT2D eigenvalue weighted by Gasteiger charge is 2.12. The summed E-state index contributed by atoms with van der Waals surface area (Å²) in [6.45, 7) is 0. The Morgan fingerprint density at radius 1 is 1.21 bits per heavy atom.